The Labute approximate surface area is 146 Å². The van der Waals surface area contributed by atoms with E-state index < -0.39 is 30.1 Å². The molecule has 138 valence electrons. The van der Waals surface area contributed by atoms with Crippen molar-refractivity contribution in [1.82, 2.24) is 24.0 Å². The third kappa shape index (κ3) is 4.03. The summed E-state index contributed by atoms with van der Waals surface area (Å²) in [5.74, 6) is 0. The van der Waals surface area contributed by atoms with E-state index in [9.17, 15) is 27.6 Å². The molecule has 2 rings (SSSR count). The first-order valence-corrected chi connectivity index (χ1v) is 7.61. The number of alkyl halides is 3. The van der Waals surface area contributed by atoms with Crippen molar-refractivity contribution >= 4 is 33.2 Å². The van der Waals surface area contributed by atoms with Gasteiger partial charge in [0.1, 0.15) is 0 Å². The summed E-state index contributed by atoms with van der Waals surface area (Å²) in [6.07, 6.45) is -5.85. The maximum Gasteiger partial charge on any atom is 0.422 e. The molecule has 13 heteroatoms. The summed E-state index contributed by atoms with van der Waals surface area (Å²) in [4.78, 5) is 39.3. The van der Waals surface area contributed by atoms with Crippen LogP contribution in [0.5, 0.6) is 0 Å². The molecule has 0 fully saturated rings. The predicted octanol–water partition coefficient (Wildman–Crippen LogP) is 0.485. The highest BCUT2D eigenvalue weighted by Gasteiger charge is 2.29. The van der Waals surface area contributed by atoms with Gasteiger partial charge in [-0.25, -0.2) is 14.6 Å². The molecule has 9 nitrogen and oxygen atoms in total. The Hall–Kier alpha value is -2.31. The molecule has 0 bridgehead atoms. The summed E-state index contributed by atoms with van der Waals surface area (Å²) in [6, 6.07) is 0. The van der Waals surface area contributed by atoms with Gasteiger partial charge in [-0.05, 0) is 15.9 Å². The molecule has 0 atom stereocenters. The zero-order valence-corrected chi connectivity index (χ0v) is 14.6. The Morgan fingerprint density at radius 2 is 1.92 bits per heavy atom. The standard InChI is InChI=1S/C12H13BrF3N5O4/c1-19-7-6(8(22)20(2)11(19)24)18-9(13)21(7)4-3-17-10(23)25-5-12(14,15)16/h3-5H2,1-2H3,(H,17,23). The second kappa shape index (κ2) is 6.90. The maximum atomic E-state index is 12.1. The summed E-state index contributed by atoms with van der Waals surface area (Å²) < 4.78 is 43.6. The van der Waals surface area contributed by atoms with Crippen LogP contribution in [-0.2, 0) is 25.4 Å². The lowest BCUT2D eigenvalue weighted by Gasteiger charge is -2.11. The van der Waals surface area contributed by atoms with Crippen LogP contribution in [0.2, 0.25) is 0 Å². The Balaban J connectivity index is 2.17. The van der Waals surface area contributed by atoms with E-state index in [1.807, 2.05) is 0 Å². The molecule has 1 amide bonds. The summed E-state index contributed by atoms with van der Waals surface area (Å²) in [5, 5.41) is 2.14. The molecule has 25 heavy (non-hydrogen) atoms. The third-order valence-electron chi connectivity index (χ3n) is 3.26. The fourth-order valence-electron chi connectivity index (χ4n) is 2.13. The number of amides is 1. The van der Waals surface area contributed by atoms with Crippen molar-refractivity contribution in [3.05, 3.63) is 25.6 Å². The molecule has 0 radical (unpaired) electrons. The molecule has 0 saturated heterocycles. The molecule has 0 aliphatic heterocycles. The third-order valence-corrected chi connectivity index (χ3v) is 3.87. The summed E-state index contributed by atoms with van der Waals surface area (Å²) in [6.45, 7) is -1.76. The van der Waals surface area contributed by atoms with Crippen LogP contribution in [0, 0.1) is 0 Å². The summed E-state index contributed by atoms with van der Waals surface area (Å²) in [7, 11) is 2.76. The molecule has 0 saturated carbocycles. The molecule has 0 aliphatic carbocycles. The van der Waals surface area contributed by atoms with Crippen molar-refractivity contribution in [3.8, 4) is 0 Å². The number of hydrogen-bond donors (Lipinski definition) is 1. The summed E-state index contributed by atoms with van der Waals surface area (Å²) in [5.41, 5.74) is -0.902. The molecule has 2 heterocycles. The molecule has 0 spiro atoms. The number of hydrogen-bond acceptors (Lipinski definition) is 5. The Kier molecular flexibility index (Phi) is 5.25. The van der Waals surface area contributed by atoms with E-state index in [1.165, 1.54) is 23.2 Å². The number of carbonyl (C=O) groups excluding carboxylic acids is 1. The SMILES string of the molecule is Cn1c(=O)c2nc(Br)n(CCNC(=O)OCC(F)(F)F)c2n(C)c1=O. The molecule has 0 aromatic carbocycles. The molecule has 0 unspecified atom stereocenters. The van der Waals surface area contributed by atoms with Crippen LogP contribution in [0.25, 0.3) is 11.2 Å². The van der Waals surface area contributed by atoms with Crippen molar-refractivity contribution < 1.29 is 22.7 Å². The lowest BCUT2D eigenvalue weighted by molar-refractivity contribution is -0.160. The number of nitrogens with one attached hydrogen (secondary N) is 1. The van der Waals surface area contributed by atoms with Gasteiger partial charge in [0.2, 0.25) is 0 Å². The average Bonchev–Trinajstić information content (AvgIpc) is 2.85. The van der Waals surface area contributed by atoms with Crippen molar-refractivity contribution in [2.75, 3.05) is 13.2 Å². The van der Waals surface area contributed by atoms with E-state index in [0.717, 1.165) is 4.57 Å². The first kappa shape index (κ1) is 19.0. The van der Waals surface area contributed by atoms with E-state index >= 15 is 0 Å². The molecular weight excluding hydrogens is 415 g/mol. The number of ether oxygens (including phenoxy) is 1. The van der Waals surface area contributed by atoms with Crippen molar-refractivity contribution in [3.63, 3.8) is 0 Å². The monoisotopic (exact) mass is 427 g/mol. The second-order valence-corrected chi connectivity index (χ2v) is 5.74. The van der Waals surface area contributed by atoms with Gasteiger partial charge in [0.05, 0.1) is 0 Å². The van der Waals surface area contributed by atoms with Gasteiger partial charge >= 0.3 is 18.0 Å². The number of aryl methyl sites for hydroxylation is 1. The van der Waals surface area contributed by atoms with E-state index in [-0.39, 0.29) is 29.0 Å². The van der Waals surface area contributed by atoms with Crippen LogP contribution in [0.4, 0.5) is 18.0 Å². The van der Waals surface area contributed by atoms with Crippen LogP contribution >= 0.6 is 15.9 Å². The highest BCUT2D eigenvalue weighted by Crippen LogP contribution is 2.16. The maximum absolute atomic E-state index is 12.1. The van der Waals surface area contributed by atoms with Gasteiger partial charge in [-0.2, -0.15) is 13.2 Å². The average molecular weight is 428 g/mol. The minimum Gasteiger partial charge on any atom is -0.440 e. The van der Waals surface area contributed by atoms with Crippen molar-refractivity contribution in [2.24, 2.45) is 14.1 Å². The number of imidazole rings is 1. The fourth-order valence-corrected chi connectivity index (χ4v) is 2.65. The Morgan fingerprint density at radius 3 is 2.52 bits per heavy atom. The minimum absolute atomic E-state index is 0.0381. The second-order valence-electron chi connectivity index (χ2n) is 5.03. The van der Waals surface area contributed by atoms with Gasteiger partial charge in [0.25, 0.3) is 5.56 Å². The van der Waals surface area contributed by atoms with Crippen LogP contribution in [0.15, 0.2) is 14.3 Å². The van der Waals surface area contributed by atoms with Gasteiger partial charge in [-0.1, -0.05) is 0 Å². The topological polar surface area (TPSA) is 100 Å². The van der Waals surface area contributed by atoms with Gasteiger partial charge in [0.15, 0.2) is 22.5 Å². The first-order chi connectivity index (χ1) is 11.5. The molecule has 0 aliphatic rings. The zero-order valence-electron chi connectivity index (χ0n) is 13.1. The molecule has 1 N–H and O–H groups in total. The van der Waals surface area contributed by atoms with E-state index in [1.54, 1.807) is 0 Å². The predicted molar refractivity (Wildman–Crippen MR) is 83.3 cm³/mol. The molecule has 2 aromatic heterocycles. The van der Waals surface area contributed by atoms with Crippen LogP contribution in [0.1, 0.15) is 0 Å². The lowest BCUT2D eigenvalue weighted by atomic mass is 10.5. The largest absolute Gasteiger partial charge is 0.440 e. The normalized spacial score (nSPS) is 11.8. The van der Waals surface area contributed by atoms with Crippen LogP contribution in [-0.4, -0.2) is 44.1 Å². The van der Waals surface area contributed by atoms with Crippen molar-refractivity contribution in [2.45, 2.75) is 12.7 Å². The number of fused-ring (bicyclic) bond motifs is 1. The number of alkyl carbamates (subject to hydrolysis) is 1. The number of carbonyl (C=O) groups is 1. The highest BCUT2D eigenvalue weighted by atomic mass is 79.9. The van der Waals surface area contributed by atoms with E-state index in [4.69, 9.17) is 0 Å². The van der Waals surface area contributed by atoms with Gasteiger partial charge in [0, 0.05) is 27.2 Å². The number of halogens is 4. The van der Waals surface area contributed by atoms with E-state index in [2.05, 4.69) is 31.0 Å². The highest BCUT2D eigenvalue weighted by molar-refractivity contribution is 9.10. The van der Waals surface area contributed by atoms with Gasteiger partial charge in [-0.15, -0.1) is 0 Å². The van der Waals surface area contributed by atoms with Gasteiger partial charge in [-0.3, -0.25) is 13.9 Å². The minimum atomic E-state index is -4.61. The van der Waals surface area contributed by atoms with E-state index in [0.29, 0.717) is 0 Å². The van der Waals surface area contributed by atoms with Crippen LogP contribution < -0.4 is 16.6 Å². The molecular formula is C12H13BrF3N5O4. The lowest BCUT2D eigenvalue weighted by Crippen LogP contribution is -2.37. The van der Waals surface area contributed by atoms with Crippen molar-refractivity contribution in [1.29, 1.82) is 0 Å². The number of nitrogens with zero attached hydrogens (tertiary/aromatic N) is 4. The summed E-state index contributed by atoms with van der Waals surface area (Å²) >= 11 is 3.15. The first-order valence-electron chi connectivity index (χ1n) is 6.82. The quantitative estimate of drug-likeness (QED) is 0.715. The van der Waals surface area contributed by atoms with Crippen LogP contribution in [0.3, 0.4) is 0 Å². The zero-order chi connectivity index (χ0) is 18.9. The fraction of sp³-hybridized carbons (Fsp3) is 0.500. The Bertz CT molecular complexity index is 930. The van der Waals surface area contributed by atoms with Gasteiger partial charge < -0.3 is 14.6 Å². The Morgan fingerprint density at radius 1 is 1.28 bits per heavy atom. The molecule has 2 aromatic rings. The number of aromatic nitrogens is 4. The smallest absolute Gasteiger partial charge is 0.422 e. The number of rotatable bonds is 4.